The van der Waals surface area contributed by atoms with Crippen molar-refractivity contribution in [2.45, 2.75) is 26.6 Å². The molecule has 2 aromatic rings. The second-order valence-corrected chi connectivity index (χ2v) is 12.1. The molecule has 0 atom stereocenters. The second-order valence-electron chi connectivity index (χ2n) is 7.08. The topological polar surface area (TPSA) is 17.1 Å². The molecule has 0 heterocycles. The largest absolute Gasteiger partial charge is 0.290 e. The normalized spacial score (nSPS) is 15.1. The molecule has 116 valence electrons. The summed E-state index contributed by atoms with van der Waals surface area (Å²) in [6, 6.07) is 18.8. The van der Waals surface area contributed by atoms with Crippen molar-refractivity contribution in [2.24, 2.45) is 0 Å². The summed E-state index contributed by atoms with van der Waals surface area (Å²) in [7, 11) is -1.49. The molecule has 0 N–H and O–H groups in total. The maximum Gasteiger partial charge on any atom is 0.182 e. The Kier molecular flexibility index (Phi) is 3.95. The Morgan fingerprint density at radius 1 is 0.826 bits per heavy atom. The van der Waals surface area contributed by atoms with E-state index in [0.29, 0.717) is 0 Å². The number of carbonyl (C=O) groups excluding carboxylic acids is 1. The maximum absolute atomic E-state index is 12.4. The summed E-state index contributed by atoms with van der Waals surface area (Å²) in [6.07, 6.45) is 1.82. The Balaban J connectivity index is 2.22. The number of ketones is 1. The van der Waals surface area contributed by atoms with Gasteiger partial charge in [0.1, 0.15) is 0 Å². The predicted octanol–water partition coefficient (Wildman–Crippen LogP) is 4.67. The van der Waals surface area contributed by atoms with E-state index >= 15 is 0 Å². The fourth-order valence-electron chi connectivity index (χ4n) is 3.20. The SMILES string of the molecule is CC1=C(c2ccccc2)C(c2ccccc2[Si](C)(C)C)=CC1=O. The lowest BCUT2D eigenvalue weighted by atomic mass is 9.93. The van der Waals surface area contributed by atoms with Gasteiger partial charge < -0.3 is 0 Å². The lowest BCUT2D eigenvalue weighted by Crippen LogP contribution is -2.39. The summed E-state index contributed by atoms with van der Waals surface area (Å²) < 4.78 is 0. The van der Waals surface area contributed by atoms with Gasteiger partial charge in [0.25, 0.3) is 0 Å². The molecule has 0 bridgehead atoms. The standard InChI is InChI=1S/C21H22OSi/c1-15-19(22)14-18(21(15)16-10-6-5-7-11-16)17-12-8-9-13-20(17)23(2,3)4/h5-14H,1-4H3. The van der Waals surface area contributed by atoms with Crippen molar-refractivity contribution in [1.29, 1.82) is 0 Å². The number of carbonyl (C=O) groups is 1. The monoisotopic (exact) mass is 318 g/mol. The van der Waals surface area contributed by atoms with Crippen LogP contribution in [0.5, 0.6) is 0 Å². The first-order chi connectivity index (χ1) is 10.9. The molecule has 0 aliphatic heterocycles. The molecule has 0 aromatic heterocycles. The zero-order valence-corrected chi connectivity index (χ0v) is 15.2. The maximum atomic E-state index is 12.4. The molecule has 1 nitrogen and oxygen atoms in total. The van der Waals surface area contributed by atoms with Gasteiger partial charge in [0.05, 0.1) is 8.07 Å². The van der Waals surface area contributed by atoms with Crippen LogP contribution in [-0.4, -0.2) is 13.9 Å². The highest BCUT2D eigenvalue weighted by Gasteiger charge is 2.28. The fourth-order valence-corrected chi connectivity index (χ4v) is 4.82. The van der Waals surface area contributed by atoms with Gasteiger partial charge in [-0.3, -0.25) is 4.79 Å². The van der Waals surface area contributed by atoms with Gasteiger partial charge in [-0.15, -0.1) is 0 Å². The quantitative estimate of drug-likeness (QED) is 0.752. The summed E-state index contributed by atoms with van der Waals surface area (Å²) in [5, 5.41) is 1.40. The average molecular weight is 318 g/mol. The number of benzene rings is 2. The molecule has 3 rings (SSSR count). The van der Waals surface area contributed by atoms with E-state index in [2.05, 4.69) is 56.0 Å². The Morgan fingerprint density at radius 2 is 1.43 bits per heavy atom. The molecule has 0 radical (unpaired) electrons. The first-order valence-electron chi connectivity index (χ1n) is 8.02. The van der Waals surface area contributed by atoms with Crippen LogP contribution in [0.4, 0.5) is 0 Å². The Morgan fingerprint density at radius 3 is 2.09 bits per heavy atom. The van der Waals surface area contributed by atoms with Crippen molar-refractivity contribution in [2.75, 3.05) is 0 Å². The average Bonchev–Trinajstić information content (AvgIpc) is 2.83. The van der Waals surface area contributed by atoms with E-state index in [-0.39, 0.29) is 5.78 Å². The number of hydrogen-bond acceptors (Lipinski definition) is 1. The summed E-state index contributed by atoms with van der Waals surface area (Å²) in [5.74, 6) is 0.129. The van der Waals surface area contributed by atoms with Crippen LogP contribution in [0, 0.1) is 0 Å². The summed E-state index contributed by atoms with van der Waals surface area (Å²) in [6.45, 7) is 8.98. The first kappa shape index (κ1) is 15.7. The van der Waals surface area contributed by atoms with Crippen LogP contribution in [0.1, 0.15) is 18.1 Å². The third kappa shape index (κ3) is 2.87. The van der Waals surface area contributed by atoms with E-state index in [1.165, 1.54) is 10.8 Å². The molecule has 0 spiro atoms. The molecule has 0 saturated carbocycles. The Labute approximate surface area is 139 Å². The van der Waals surface area contributed by atoms with Gasteiger partial charge in [0, 0.05) is 5.57 Å². The Bertz CT molecular complexity index is 820. The second kappa shape index (κ2) is 5.78. The van der Waals surface area contributed by atoms with Crippen molar-refractivity contribution >= 4 is 30.2 Å². The third-order valence-corrected chi connectivity index (χ3v) is 6.43. The minimum Gasteiger partial charge on any atom is -0.290 e. The van der Waals surface area contributed by atoms with Gasteiger partial charge in [0.15, 0.2) is 5.78 Å². The summed E-state index contributed by atoms with van der Waals surface area (Å²) >= 11 is 0. The van der Waals surface area contributed by atoms with Crippen LogP contribution in [0.15, 0.2) is 66.2 Å². The van der Waals surface area contributed by atoms with Crippen LogP contribution < -0.4 is 5.19 Å². The van der Waals surface area contributed by atoms with E-state index in [9.17, 15) is 4.79 Å². The van der Waals surface area contributed by atoms with Crippen molar-refractivity contribution in [1.82, 2.24) is 0 Å². The van der Waals surface area contributed by atoms with Crippen LogP contribution in [0.3, 0.4) is 0 Å². The van der Waals surface area contributed by atoms with Crippen LogP contribution >= 0.6 is 0 Å². The molecule has 2 heteroatoms. The molecular formula is C21H22OSi. The lowest BCUT2D eigenvalue weighted by Gasteiger charge is -2.23. The summed E-state index contributed by atoms with van der Waals surface area (Å²) in [4.78, 5) is 12.4. The molecule has 1 aliphatic rings. The van der Waals surface area contributed by atoms with E-state index in [0.717, 1.165) is 22.3 Å². The van der Waals surface area contributed by atoms with E-state index in [1.54, 1.807) is 0 Å². The highest BCUT2D eigenvalue weighted by Crippen LogP contribution is 2.38. The molecule has 0 amide bonds. The summed E-state index contributed by atoms with van der Waals surface area (Å²) in [5.41, 5.74) is 5.35. The van der Waals surface area contributed by atoms with Crippen molar-refractivity contribution in [3.8, 4) is 0 Å². The smallest absolute Gasteiger partial charge is 0.182 e. The predicted molar refractivity (Wildman–Crippen MR) is 101 cm³/mol. The minimum absolute atomic E-state index is 0.129. The van der Waals surface area contributed by atoms with Gasteiger partial charge in [-0.25, -0.2) is 0 Å². The van der Waals surface area contributed by atoms with Gasteiger partial charge in [-0.2, -0.15) is 0 Å². The number of hydrogen-bond donors (Lipinski definition) is 0. The zero-order valence-electron chi connectivity index (χ0n) is 14.2. The van der Waals surface area contributed by atoms with E-state index < -0.39 is 8.07 Å². The first-order valence-corrected chi connectivity index (χ1v) is 11.5. The lowest BCUT2D eigenvalue weighted by molar-refractivity contribution is -0.111. The van der Waals surface area contributed by atoms with E-state index in [4.69, 9.17) is 0 Å². The van der Waals surface area contributed by atoms with Crippen molar-refractivity contribution in [3.63, 3.8) is 0 Å². The highest BCUT2D eigenvalue weighted by molar-refractivity contribution is 6.89. The molecule has 0 saturated heterocycles. The van der Waals surface area contributed by atoms with Crippen LogP contribution in [0.2, 0.25) is 19.6 Å². The van der Waals surface area contributed by atoms with Crippen molar-refractivity contribution in [3.05, 3.63) is 77.4 Å². The minimum atomic E-state index is -1.49. The highest BCUT2D eigenvalue weighted by atomic mass is 28.3. The van der Waals surface area contributed by atoms with Gasteiger partial charge in [0.2, 0.25) is 0 Å². The van der Waals surface area contributed by atoms with Crippen LogP contribution in [0.25, 0.3) is 11.1 Å². The fraction of sp³-hybridized carbons (Fsp3) is 0.190. The van der Waals surface area contributed by atoms with Gasteiger partial charge in [-0.05, 0) is 35.3 Å². The molecule has 0 unspecified atom stereocenters. The molecule has 2 aromatic carbocycles. The Hall–Kier alpha value is -2.19. The molecular weight excluding hydrogens is 296 g/mol. The molecule has 1 aliphatic carbocycles. The van der Waals surface area contributed by atoms with E-state index in [1.807, 2.05) is 31.2 Å². The number of rotatable bonds is 3. The third-order valence-electron chi connectivity index (χ3n) is 4.38. The van der Waals surface area contributed by atoms with Crippen molar-refractivity contribution < 1.29 is 4.79 Å². The van der Waals surface area contributed by atoms with Gasteiger partial charge in [-0.1, -0.05) is 79.4 Å². The number of allylic oxidation sites excluding steroid dienone is 4. The van der Waals surface area contributed by atoms with Gasteiger partial charge >= 0.3 is 0 Å². The zero-order chi connectivity index (χ0) is 16.6. The molecule has 0 fully saturated rings. The van der Waals surface area contributed by atoms with Crippen LogP contribution in [-0.2, 0) is 4.79 Å². The molecule has 23 heavy (non-hydrogen) atoms.